The summed E-state index contributed by atoms with van der Waals surface area (Å²) in [6, 6.07) is 10.5. The maximum atomic E-state index is 13.5. The number of hydrogen-bond acceptors (Lipinski definition) is 9. The van der Waals surface area contributed by atoms with Crippen molar-refractivity contribution in [1.29, 1.82) is 5.26 Å². The topological polar surface area (TPSA) is 101 Å². The third-order valence-corrected chi connectivity index (χ3v) is 9.02. The number of anilines is 3. The van der Waals surface area contributed by atoms with Gasteiger partial charge in [-0.15, -0.1) is 0 Å². The Labute approximate surface area is 248 Å². The zero-order chi connectivity index (χ0) is 29.4. The molecular weight excluding hydrogens is 555 g/mol. The number of thiazole rings is 1. The number of benzene rings is 1. The Kier molecular flexibility index (Phi) is 7.66. The van der Waals surface area contributed by atoms with Crippen LogP contribution in [0.2, 0.25) is 0 Å². The first-order chi connectivity index (χ1) is 20.4. The van der Waals surface area contributed by atoms with Gasteiger partial charge in [-0.2, -0.15) is 10.4 Å². The number of carbonyl (C=O) groups excluding carboxylic acids is 1. The van der Waals surface area contributed by atoms with Crippen molar-refractivity contribution in [3.8, 4) is 17.3 Å². The Balaban J connectivity index is 1.24. The molecule has 0 unspecified atom stereocenters. The molecule has 1 aromatic carbocycles. The van der Waals surface area contributed by atoms with Gasteiger partial charge in [0.1, 0.15) is 28.3 Å². The number of nitrogens with zero attached hydrogens (tertiary/aromatic N) is 10. The molecular formula is C29H33FN10OS. The fourth-order valence-corrected chi connectivity index (χ4v) is 6.36. The van der Waals surface area contributed by atoms with Crippen molar-refractivity contribution in [3.05, 3.63) is 47.2 Å². The second kappa shape index (κ2) is 11.5. The first kappa shape index (κ1) is 27.9. The van der Waals surface area contributed by atoms with Gasteiger partial charge >= 0.3 is 6.03 Å². The van der Waals surface area contributed by atoms with E-state index in [0.29, 0.717) is 46.5 Å². The van der Waals surface area contributed by atoms with Crippen LogP contribution in [-0.4, -0.2) is 107 Å². The lowest BCUT2D eigenvalue weighted by atomic mass is 10.1. The van der Waals surface area contributed by atoms with E-state index < -0.39 is 0 Å². The molecule has 2 saturated heterocycles. The maximum absolute atomic E-state index is 13.5. The molecule has 0 aliphatic carbocycles. The summed E-state index contributed by atoms with van der Waals surface area (Å²) in [6.45, 7) is 8.77. The van der Waals surface area contributed by atoms with E-state index in [1.807, 2.05) is 39.5 Å². The van der Waals surface area contributed by atoms with Gasteiger partial charge in [0.05, 0.1) is 17.3 Å². The van der Waals surface area contributed by atoms with E-state index in [0.717, 1.165) is 56.2 Å². The van der Waals surface area contributed by atoms with E-state index in [1.165, 1.54) is 23.5 Å². The van der Waals surface area contributed by atoms with Crippen LogP contribution in [0.4, 0.5) is 25.8 Å². The molecule has 13 heteroatoms. The van der Waals surface area contributed by atoms with Crippen molar-refractivity contribution in [2.45, 2.75) is 13.5 Å². The van der Waals surface area contributed by atoms with E-state index in [1.54, 1.807) is 12.1 Å². The lowest BCUT2D eigenvalue weighted by Gasteiger charge is -2.40. The Morgan fingerprint density at radius 1 is 1.07 bits per heavy atom. The molecule has 11 nitrogen and oxygen atoms in total. The maximum Gasteiger partial charge on any atom is 0.320 e. The van der Waals surface area contributed by atoms with Gasteiger partial charge in [-0.1, -0.05) is 11.3 Å². The number of nitriles is 1. The number of carbonyl (C=O) groups is 1. The number of amides is 2. The first-order valence-corrected chi connectivity index (χ1v) is 14.9. The number of likely N-dealkylation sites (N-methyl/N-ethyl adjacent to an activating group) is 1. The van der Waals surface area contributed by atoms with Crippen molar-refractivity contribution in [3.63, 3.8) is 0 Å². The van der Waals surface area contributed by atoms with Crippen molar-refractivity contribution in [2.75, 3.05) is 76.3 Å². The van der Waals surface area contributed by atoms with Crippen LogP contribution in [0.3, 0.4) is 0 Å². The number of hydrogen-bond donors (Lipinski definition) is 0. The zero-order valence-electron chi connectivity index (χ0n) is 24.0. The SMILES string of the molecule is CCn1nc2ncc(N3CCN(C(=O)N4CCN(C)CC4)CC3)cc2c1N(C)c1nc(-c2ccc(F)cc2)c(C#N)s1. The standard InChI is InChI=1S/C29H33FN10OS/c1-4-40-27(36(3)28-33-25(24(18-31)42-28)20-5-7-21(30)8-6-20)23-17-22(19-32-26(23)34-40)37-13-15-39(16-14-37)29(41)38-11-9-35(2)10-12-38/h5-8,17,19H,4,9-16H2,1-3H3. The summed E-state index contributed by atoms with van der Waals surface area (Å²) >= 11 is 1.28. The summed E-state index contributed by atoms with van der Waals surface area (Å²) < 4.78 is 15.4. The smallest absolute Gasteiger partial charge is 0.320 e. The summed E-state index contributed by atoms with van der Waals surface area (Å²) in [6.07, 6.45) is 1.85. The van der Waals surface area contributed by atoms with Crippen molar-refractivity contribution in [1.82, 2.24) is 34.4 Å². The van der Waals surface area contributed by atoms with Crippen LogP contribution in [0.5, 0.6) is 0 Å². The molecule has 42 heavy (non-hydrogen) atoms. The number of pyridine rings is 1. The highest BCUT2D eigenvalue weighted by atomic mass is 32.1. The molecule has 3 aromatic heterocycles. The molecule has 0 spiro atoms. The quantitative estimate of drug-likeness (QED) is 0.347. The summed E-state index contributed by atoms with van der Waals surface area (Å²) in [7, 11) is 4.00. The summed E-state index contributed by atoms with van der Waals surface area (Å²) in [5.74, 6) is 0.490. The molecule has 2 aliphatic heterocycles. The zero-order valence-corrected chi connectivity index (χ0v) is 24.8. The minimum absolute atomic E-state index is 0.129. The van der Waals surface area contributed by atoms with Gasteiger partial charge in [-0.3, -0.25) is 0 Å². The highest BCUT2D eigenvalue weighted by Gasteiger charge is 2.28. The fourth-order valence-electron chi connectivity index (χ4n) is 5.51. The van der Waals surface area contributed by atoms with Gasteiger partial charge in [0, 0.05) is 71.5 Å². The summed E-state index contributed by atoms with van der Waals surface area (Å²) in [4.78, 5) is 33.4. The second-order valence-corrected chi connectivity index (χ2v) is 11.6. The highest BCUT2D eigenvalue weighted by Crippen LogP contribution is 2.38. The molecule has 0 radical (unpaired) electrons. The molecule has 0 atom stereocenters. The van der Waals surface area contributed by atoms with Gasteiger partial charge in [-0.05, 0) is 44.3 Å². The molecule has 2 aliphatic rings. The number of fused-ring (bicyclic) bond motifs is 1. The Hall–Kier alpha value is -4.28. The van der Waals surface area contributed by atoms with Crippen LogP contribution in [0, 0.1) is 17.1 Å². The number of aryl methyl sites for hydroxylation is 1. The van der Waals surface area contributed by atoms with Gasteiger partial charge in [-0.25, -0.2) is 23.8 Å². The van der Waals surface area contributed by atoms with Crippen LogP contribution in [0.15, 0.2) is 36.5 Å². The van der Waals surface area contributed by atoms with Crippen molar-refractivity contribution < 1.29 is 9.18 Å². The number of halogens is 1. The minimum atomic E-state index is -0.338. The van der Waals surface area contributed by atoms with E-state index in [9.17, 15) is 14.4 Å². The van der Waals surface area contributed by atoms with Crippen LogP contribution >= 0.6 is 11.3 Å². The van der Waals surface area contributed by atoms with E-state index in [4.69, 9.17) is 15.1 Å². The molecule has 4 aromatic rings. The minimum Gasteiger partial charge on any atom is -0.367 e. The number of urea groups is 1. The summed E-state index contributed by atoms with van der Waals surface area (Å²) in [5.41, 5.74) is 2.82. The predicted molar refractivity (Wildman–Crippen MR) is 162 cm³/mol. The molecule has 0 N–H and O–H groups in total. The molecule has 218 valence electrons. The second-order valence-electron chi connectivity index (χ2n) is 10.6. The summed E-state index contributed by atoms with van der Waals surface area (Å²) in [5, 5.41) is 16.1. The molecule has 0 bridgehead atoms. The van der Waals surface area contributed by atoms with Crippen LogP contribution in [0.25, 0.3) is 22.3 Å². The Morgan fingerprint density at radius 3 is 2.38 bits per heavy atom. The predicted octanol–water partition coefficient (Wildman–Crippen LogP) is 3.84. The molecule has 0 saturated carbocycles. The lowest BCUT2D eigenvalue weighted by Crippen LogP contribution is -2.56. The normalized spacial score (nSPS) is 16.2. The molecule has 6 rings (SSSR count). The molecule has 2 fully saturated rings. The first-order valence-electron chi connectivity index (χ1n) is 14.1. The van der Waals surface area contributed by atoms with E-state index in [2.05, 4.69) is 29.0 Å². The number of aromatic nitrogens is 4. The van der Waals surface area contributed by atoms with Gasteiger partial charge < -0.3 is 24.5 Å². The third-order valence-electron chi connectivity index (χ3n) is 7.98. The average molecular weight is 589 g/mol. The van der Waals surface area contributed by atoms with Crippen LogP contribution in [-0.2, 0) is 6.54 Å². The Morgan fingerprint density at radius 2 is 1.74 bits per heavy atom. The average Bonchev–Trinajstić information content (AvgIpc) is 3.63. The van der Waals surface area contributed by atoms with Gasteiger partial charge in [0.2, 0.25) is 0 Å². The molecule has 2 amide bonds. The van der Waals surface area contributed by atoms with Gasteiger partial charge in [0.15, 0.2) is 10.8 Å². The van der Waals surface area contributed by atoms with Gasteiger partial charge in [0.25, 0.3) is 0 Å². The van der Waals surface area contributed by atoms with Crippen LogP contribution < -0.4 is 9.80 Å². The fraction of sp³-hybridized carbons (Fsp3) is 0.414. The van der Waals surface area contributed by atoms with Crippen molar-refractivity contribution in [2.24, 2.45) is 0 Å². The Bertz CT molecular complexity index is 1630. The largest absolute Gasteiger partial charge is 0.367 e. The monoisotopic (exact) mass is 588 g/mol. The third kappa shape index (κ3) is 5.23. The lowest BCUT2D eigenvalue weighted by molar-refractivity contribution is 0.120. The highest BCUT2D eigenvalue weighted by molar-refractivity contribution is 7.16. The van der Waals surface area contributed by atoms with E-state index in [-0.39, 0.29) is 11.8 Å². The number of rotatable bonds is 5. The number of piperazine rings is 2. The molecule has 5 heterocycles. The van der Waals surface area contributed by atoms with Crippen LogP contribution in [0.1, 0.15) is 11.8 Å². The van der Waals surface area contributed by atoms with Crippen molar-refractivity contribution >= 4 is 45.0 Å². The van der Waals surface area contributed by atoms with E-state index >= 15 is 0 Å².